The van der Waals surface area contributed by atoms with Gasteiger partial charge in [0.25, 0.3) is 0 Å². The molecule has 2 aromatic rings. The molecule has 1 N–H and O–H groups in total. The normalized spacial score (nSPS) is 12.7. The maximum absolute atomic E-state index is 12.9. The quantitative estimate of drug-likeness (QED) is 0.654. The molecule has 0 saturated carbocycles. The van der Waals surface area contributed by atoms with Gasteiger partial charge in [-0.15, -0.1) is 0 Å². The van der Waals surface area contributed by atoms with Crippen LogP contribution in [0.2, 0.25) is 0 Å². The summed E-state index contributed by atoms with van der Waals surface area (Å²) >= 11 is 0. The fourth-order valence-corrected chi connectivity index (χ4v) is 4.13. The zero-order chi connectivity index (χ0) is 23.4. The first kappa shape index (κ1) is 24.3. The first-order chi connectivity index (χ1) is 14.4. The lowest BCUT2D eigenvalue weighted by Gasteiger charge is -2.28. The number of halogens is 3. The number of anilines is 1. The summed E-state index contributed by atoms with van der Waals surface area (Å²) in [6.07, 6.45) is -3.56. The van der Waals surface area contributed by atoms with Gasteiger partial charge in [0.05, 0.1) is 31.7 Å². The van der Waals surface area contributed by atoms with Gasteiger partial charge in [-0.2, -0.15) is 13.2 Å². The van der Waals surface area contributed by atoms with E-state index in [0.29, 0.717) is 5.75 Å². The number of nitrogens with zero attached hydrogens (tertiary/aromatic N) is 1. The average molecular weight is 460 g/mol. The lowest BCUT2D eigenvalue weighted by molar-refractivity contribution is -0.137. The van der Waals surface area contributed by atoms with Gasteiger partial charge in [0, 0.05) is 12.6 Å². The summed E-state index contributed by atoms with van der Waals surface area (Å²) in [7, 11) is -1.08. The predicted molar refractivity (Wildman–Crippen MR) is 110 cm³/mol. The van der Waals surface area contributed by atoms with Crippen molar-refractivity contribution in [2.45, 2.75) is 25.7 Å². The molecule has 1 amide bonds. The number of nitrogens with one attached hydrogen (secondary N) is 1. The van der Waals surface area contributed by atoms with Crippen LogP contribution in [0.1, 0.15) is 18.1 Å². The number of rotatable bonds is 8. The molecule has 0 heterocycles. The summed E-state index contributed by atoms with van der Waals surface area (Å²) < 4.78 is 74.6. The van der Waals surface area contributed by atoms with Crippen molar-refractivity contribution in [3.05, 3.63) is 53.6 Å². The molecule has 2 aromatic carbocycles. The number of alkyl halides is 3. The van der Waals surface area contributed by atoms with Crippen molar-refractivity contribution < 1.29 is 35.9 Å². The maximum atomic E-state index is 12.9. The minimum absolute atomic E-state index is 0.168. The standard InChI is InChI=1S/C20H23F3N2O5S/c1-13(19(26)24-12-14-6-5-7-15(10-14)20(21,22)23)25(31(4,27)28)16-8-9-17(29-2)18(11-16)30-3/h5-11,13H,12H2,1-4H3,(H,24,26)/t13-/m0/s1. The van der Waals surface area contributed by atoms with E-state index in [1.807, 2.05) is 0 Å². The molecule has 170 valence electrons. The molecule has 7 nitrogen and oxygen atoms in total. The van der Waals surface area contributed by atoms with Crippen molar-refractivity contribution in [3.8, 4) is 11.5 Å². The highest BCUT2D eigenvalue weighted by Crippen LogP contribution is 2.33. The number of ether oxygens (including phenoxy) is 2. The number of hydrogen-bond donors (Lipinski definition) is 1. The van der Waals surface area contributed by atoms with E-state index < -0.39 is 33.7 Å². The van der Waals surface area contributed by atoms with E-state index in [0.717, 1.165) is 22.7 Å². The molecule has 0 spiro atoms. The Kier molecular flexibility index (Phi) is 7.42. The van der Waals surface area contributed by atoms with E-state index in [4.69, 9.17) is 9.47 Å². The molecule has 0 bridgehead atoms. The van der Waals surface area contributed by atoms with E-state index in [2.05, 4.69) is 5.32 Å². The molecule has 0 fully saturated rings. The second kappa shape index (κ2) is 9.46. The Morgan fingerprint density at radius 2 is 1.74 bits per heavy atom. The molecule has 0 aromatic heterocycles. The maximum Gasteiger partial charge on any atom is 0.416 e. The molecule has 0 saturated heterocycles. The van der Waals surface area contributed by atoms with E-state index in [9.17, 15) is 26.4 Å². The Balaban J connectivity index is 2.25. The summed E-state index contributed by atoms with van der Waals surface area (Å²) in [6.45, 7) is 1.18. The summed E-state index contributed by atoms with van der Waals surface area (Å²) in [5.74, 6) is -0.0378. The Labute approximate surface area is 178 Å². The predicted octanol–water partition coefficient (Wildman–Crippen LogP) is 3.19. The number of hydrogen-bond acceptors (Lipinski definition) is 5. The van der Waals surface area contributed by atoms with Crippen molar-refractivity contribution in [2.75, 3.05) is 24.8 Å². The van der Waals surface area contributed by atoms with Crippen molar-refractivity contribution >= 4 is 21.6 Å². The highest BCUT2D eigenvalue weighted by atomic mass is 32.2. The first-order valence-electron chi connectivity index (χ1n) is 9.03. The number of amides is 1. The van der Waals surface area contributed by atoms with Crippen LogP contribution in [-0.2, 0) is 27.5 Å². The lowest BCUT2D eigenvalue weighted by Crippen LogP contribution is -2.47. The van der Waals surface area contributed by atoms with Crippen LogP contribution in [0, 0.1) is 0 Å². The van der Waals surface area contributed by atoms with Gasteiger partial charge in [0.15, 0.2) is 11.5 Å². The Morgan fingerprint density at radius 1 is 1.10 bits per heavy atom. The topological polar surface area (TPSA) is 84.9 Å². The lowest BCUT2D eigenvalue weighted by atomic mass is 10.1. The third-order valence-electron chi connectivity index (χ3n) is 4.43. The fourth-order valence-electron chi connectivity index (χ4n) is 2.97. The highest BCUT2D eigenvalue weighted by molar-refractivity contribution is 7.92. The van der Waals surface area contributed by atoms with Crippen LogP contribution in [0.25, 0.3) is 0 Å². The summed E-state index contributed by atoms with van der Waals surface area (Å²) in [5, 5.41) is 2.48. The van der Waals surface area contributed by atoms with Crippen molar-refractivity contribution in [1.29, 1.82) is 0 Å². The van der Waals surface area contributed by atoms with Crippen LogP contribution in [-0.4, -0.2) is 40.8 Å². The van der Waals surface area contributed by atoms with Crippen LogP contribution in [0.3, 0.4) is 0 Å². The molecule has 0 radical (unpaired) electrons. The van der Waals surface area contributed by atoms with Crippen molar-refractivity contribution in [2.24, 2.45) is 0 Å². The van der Waals surface area contributed by atoms with Crippen LogP contribution >= 0.6 is 0 Å². The van der Waals surface area contributed by atoms with Gasteiger partial charge in [-0.3, -0.25) is 9.10 Å². The molecule has 0 unspecified atom stereocenters. The zero-order valence-corrected chi connectivity index (χ0v) is 18.2. The number of methoxy groups -OCH3 is 2. The van der Waals surface area contributed by atoms with E-state index in [1.54, 1.807) is 0 Å². The van der Waals surface area contributed by atoms with Gasteiger partial charge in [-0.1, -0.05) is 12.1 Å². The van der Waals surface area contributed by atoms with Gasteiger partial charge in [0.1, 0.15) is 6.04 Å². The average Bonchev–Trinajstić information content (AvgIpc) is 2.70. The largest absolute Gasteiger partial charge is 0.493 e. The zero-order valence-electron chi connectivity index (χ0n) is 17.4. The monoisotopic (exact) mass is 460 g/mol. The third-order valence-corrected chi connectivity index (χ3v) is 5.67. The van der Waals surface area contributed by atoms with Gasteiger partial charge in [-0.25, -0.2) is 8.42 Å². The number of carbonyl (C=O) groups excluding carboxylic acids is 1. The van der Waals surface area contributed by atoms with E-state index in [1.165, 1.54) is 51.5 Å². The molecular formula is C20H23F3N2O5S. The molecule has 11 heteroatoms. The van der Waals surface area contributed by atoms with Crippen LogP contribution < -0.4 is 19.1 Å². The van der Waals surface area contributed by atoms with E-state index >= 15 is 0 Å². The highest BCUT2D eigenvalue weighted by Gasteiger charge is 2.31. The number of carbonyl (C=O) groups is 1. The minimum atomic E-state index is -4.51. The second-order valence-corrected chi connectivity index (χ2v) is 8.55. The Morgan fingerprint density at radius 3 is 2.29 bits per heavy atom. The molecule has 31 heavy (non-hydrogen) atoms. The van der Waals surface area contributed by atoms with Crippen LogP contribution in [0.5, 0.6) is 11.5 Å². The molecule has 0 aliphatic rings. The number of sulfonamides is 1. The Bertz CT molecular complexity index is 1040. The molecular weight excluding hydrogens is 437 g/mol. The molecule has 0 aliphatic carbocycles. The van der Waals surface area contributed by atoms with Gasteiger partial charge >= 0.3 is 6.18 Å². The van der Waals surface area contributed by atoms with Gasteiger partial charge in [-0.05, 0) is 36.8 Å². The summed E-state index contributed by atoms with van der Waals surface area (Å²) in [4.78, 5) is 12.6. The molecule has 0 aliphatic heterocycles. The Hall–Kier alpha value is -2.95. The van der Waals surface area contributed by atoms with Crippen molar-refractivity contribution in [3.63, 3.8) is 0 Å². The second-order valence-electron chi connectivity index (χ2n) is 6.69. The van der Waals surface area contributed by atoms with Gasteiger partial charge < -0.3 is 14.8 Å². The van der Waals surface area contributed by atoms with Crippen molar-refractivity contribution in [1.82, 2.24) is 5.32 Å². The third kappa shape index (κ3) is 6.03. The smallest absolute Gasteiger partial charge is 0.416 e. The fraction of sp³-hybridized carbons (Fsp3) is 0.350. The molecule has 1 atom stereocenters. The summed E-state index contributed by atoms with van der Waals surface area (Å²) in [6, 6.07) is 7.71. The van der Waals surface area contributed by atoms with Crippen LogP contribution in [0.15, 0.2) is 42.5 Å². The van der Waals surface area contributed by atoms with Crippen LogP contribution in [0.4, 0.5) is 18.9 Å². The first-order valence-corrected chi connectivity index (χ1v) is 10.9. The summed E-state index contributed by atoms with van der Waals surface area (Å²) in [5.41, 5.74) is -0.440. The van der Waals surface area contributed by atoms with Gasteiger partial charge in [0.2, 0.25) is 15.9 Å². The number of benzene rings is 2. The molecule has 2 rings (SSSR count). The van der Waals surface area contributed by atoms with E-state index in [-0.39, 0.29) is 23.5 Å². The SMILES string of the molecule is COc1ccc(N([C@@H](C)C(=O)NCc2cccc(C(F)(F)F)c2)S(C)(=O)=O)cc1OC. The minimum Gasteiger partial charge on any atom is -0.493 e.